The van der Waals surface area contributed by atoms with Crippen molar-refractivity contribution in [2.45, 2.75) is 19.3 Å². The van der Waals surface area contributed by atoms with Crippen LogP contribution in [0.4, 0.5) is 5.69 Å². The normalized spacial score (nSPS) is 16.8. The number of anilines is 1. The molecule has 0 atom stereocenters. The molecule has 0 radical (unpaired) electrons. The fourth-order valence-electron chi connectivity index (χ4n) is 2.74. The highest BCUT2D eigenvalue weighted by Gasteiger charge is 2.10. The van der Waals surface area contributed by atoms with Gasteiger partial charge in [0.05, 0.1) is 5.52 Å². The maximum Gasteiger partial charge on any atom is 0.143 e. The average molecular weight is 259 g/mol. The maximum atomic E-state index is 5.93. The Balaban J connectivity index is 1.62. The molecule has 1 aromatic carbocycles. The van der Waals surface area contributed by atoms with Crippen LogP contribution in [0.5, 0.6) is 5.75 Å². The third kappa shape index (κ3) is 2.68. The fourth-order valence-corrected chi connectivity index (χ4v) is 2.74. The zero-order valence-electron chi connectivity index (χ0n) is 11.2. The summed E-state index contributed by atoms with van der Waals surface area (Å²) in [6.45, 7) is 4.16. The van der Waals surface area contributed by atoms with Crippen molar-refractivity contribution in [3.05, 3.63) is 24.4 Å². The maximum absolute atomic E-state index is 5.93. The summed E-state index contributed by atoms with van der Waals surface area (Å²) in [5, 5.41) is 1.04. The van der Waals surface area contributed by atoms with Crippen LogP contribution in [0.15, 0.2) is 24.4 Å². The number of nitrogens with one attached hydrogen (secondary N) is 1. The highest BCUT2D eigenvalue weighted by atomic mass is 16.5. The lowest BCUT2D eigenvalue weighted by molar-refractivity contribution is 0.184. The van der Waals surface area contributed by atoms with E-state index in [0.717, 1.165) is 35.5 Å². The molecule has 102 valence electrons. The van der Waals surface area contributed by atoms with Gasteiger partial charge in [-0.3, -0.25) is 4.90 Å². The molecular formula is C15H21N3O. The zero-order valence-corrected chi connectivity index (χ0v) is 11.2. The molecule has 4 heteroatoms. The number of piperidine rings is 1. The Morgan fingerprint density at radius 2 is 2.00 bits per heavy atom. The number of benzene rings is 1. The van der Waals surface area contributed by atoms with E-state index in [1.165, 1.54) is 32.4 Å². The van der Waals surface area contributed by atoms with Gasteiger partial charge in [0.2, 0.25) is 0 Å². The van der Waals surface area contributed by atoms with Crippen LogP contribution >= 0.6 is 0 Å². The molecule has 3 N–H and O–H groups in total. The molecule has 4 nitrogen and oxygen atoms in total. The molecule has 3 rings (SSSR count). The number of likely N-dealkylation sites (tertiary alicyclic amines) is 1. The number of aromatic amines is 1. The van der Waals surface area contributed by atoms with Crippen molar-refractivity contribution in [2.24, 2.45) is 0 Å². The highest BCUT2D eigenvalue weighted by molar-refractivity contribution is 5.94. The van der Waals surface area contributed by atoms with Crippen molar-refractivity contribution < 1.29 is 4.74 Å². The van der Waals surface area contributed by atoms with Crippen LogP contribution in [0.25, 0.3) is 10.9 Å². The Morgan fingerprint density at radius 1 is 1.16 bits per heavy atom. The molecule has 1 saturated heterocycles. The van der Waals surface area contributed by atoms with E-state index in [1.807, 2.05) is 24.4 Å². The van der Waals surface area contributed by atoms with E-state index in [1.54, 1.807) is 0 Å². The molecule has 0 spiro atoms. The number of fused-ring (bicyclic) bond motifs is 1. The number of rotatable bonds is 4. The minimum absolute atomic E-state index is 0.734. The Bertz CT molecular complexity index is 543. The van der Waals surface area contributed by atoms with Crippen molar-refractivity contribution in [3.8, 4) is 5.75 Å². The van der Waals surface area contributed by atoms with Crippen molar-refractivity contribution >= 4 is 16.6 Å². The summed E-state index contributed by atoms with van der Waals surface area (Å²) in [6.07, 6.45) is 5.92. The quantitative estimate of drug-likeness (QED) is 0.830. The first-order chi connectivity index (χ1) is 9.34. The number of aromatic nitrogens is 1. The van der Waals surface area contributed by atoms with Gasteiger partial charge in [-0.15, -0.1) is 0 Å². The van der Waals surface area contributed by atoms with Gasteiger partial charge < -0.3 is 15.5 Å². The number of nitrogen functional groups attached to an aromatic ring is 1. The highest BCUT2D eigenvalue weighted by Crippen LogP contribution is 2.28. The van der Waals surface area contributed by atoms with Crippen molar-refractivity contribution in [3.63, 3.8) is 0 Å². The standard InChI is InChI=1S/C15H21N3O/c16-13-4-5-14(15-12(13)6-7-17-15)19-11-10-18-8-2-1-3-9-18/h4-7,17H,1-3,8-11,16H2. The van der Waals surface area contributed by atoms with E-state index in [2.05, 4.69) is 9.88 Å². The van der Waals surface area contributed by atoms with E-state index in [0.29, 0.717) is 0 Å². The molecule has 0 saturated carbocycles. The molecule has 0 aliphatic carbocycles. The second kappa shape index (κ2) is 5.53. The minimum atomic E-state index is 0.734. The molecule has 1 aliphatic rings. The average Bonchev–Trinajstić information content (AvgIpc) is 2.93. The number of nitrogens with zero attached hydrogens (tertiary/aromatic N) is 1. The Labute approximate surface area is 113 Å². The third-order valence-corrected chi connectivity index (χ3v) is 3.83. The van der Waals surface area contributed by atoms with Gasteiger partial charge in [0.15, 0.2) is 0 Å². The SMILES string of the molecule is Nc1ccc(OCCN2CCCCC2)c2[nH]ccc12. The van der Waals surface area contributed by atoms with Crippen molar-refractivity contribution in [1.82, 2.24) is 9.88 Å². The monoisotopic (exact) mass is 259 g/mol. The second-order valence-corrected chi connectivity index (χ2v) is 5.17. The van der Waals surface area contributed by atoms with Crippen LogP contribution in [0, 0.1) is 0 Å². The lowest BCUT2D eigenvalue weighted by atomic mass is 10.1. The summed E-state index contributed by atoms with van der Waals surface area (Å²) in [5.41, 5.74) is 7.72. The van der Waals surface area contributed by atoms with Gasteiger partial charge in [0.25, 0.3) is 0 Å². The summed E-state index contributed by atoms with van der Waals surface area (Å²) in [7, 11) is 0. The van der Waals surface area contributed by atoms with Gasteiger partial charge in [0.1, 0.15) is 12.4 Å². The molecule has 1 fully saturated rings. The summed E-state index contributed by atoms with van der Waals surface area (Å²) < 4.78 is 5.91. The van der Waals surface area contributed by atoms with E-state index >= 15 is 0 Å². The number of nitrogens with two attached hydrogens (primary N) is 1. The van der Waals surface area contributed by atoms with Crippen molar-refractivity contribution in [2.75, 3.05) is 32.0 Å². The van der Waals surface area contributed by atoms with E-state index in [-0.39, 0.29) is 0 Å². The smallest absolute Gasteiger partial charge is 0.143 e. The molecule has 19 heavy (non-hydrogen) atoms. The molecule has 2 heterocycles. The van der Waals surface area contributed by atoms with Crippen LogP contribution in [0.2, 0.25) is 0 Å². The number of H-pyrrole nitrogens is 1. The van der Waals surface area contributed by atoms with Gasteiger partial charge in [-0.2, -0.15) is 0 Å². The number of ether oxygens (including phenoxy) is 1. The number of hydrogen-bond acceptors (Lipinski definition) is 3. The molecule has 1 aliphatic heterocycles. The molecule has 2 aromatic rings. The lowest BCUT2D eigenvalue weighted by Gasteiger charge is -2.26. The summed E-state index contributed by atoms with van der Waals surface area (Å²) >= 11 is 0. The Morgan fingerprint density at radius 3 is 2.84 bits per heavy atom. The van der Waals surface area contributed by atoms with Crippen LogP contribution in [-0.2, 0) is 0 Å². The Kier molecular flexibility index (Phi) is 3.60. The van der Waals surface area contributed by atoms with Crippen LogP contribution in [-0.4, -0.2) is 36.1 Å². The van der Waals surface area contributed by atoms with Crippen molar-refractivity contribution in [1.29, 1.82) is 0 Å². The van der Waals surface area contributed by atoms with E-state index in [9.17, 15) is 0 Å². The molecule has 1 aromatic heterocycles. The Hall–Kier alpha value is -1.68. The fraction of sp³-hybridized carbons (Fsp3) is 0.467. The molecule has 0 unspecified atom stereocenters. The topological polar surface area (TPSA) is 54.3 Å². The first kappa shape index (κ1) is 12.4. The largest absolute Gasteiger partial charge is 0.490 e. The molecule has 0 bridgehead atoms. The predicted molar refractivity (Wildman–Crippen MR) is 78.5 cm³/mol. The number of hydrogen-bond donors (Lipinski definition) is 2. The van der Waals surface area contributed by atoms with Gasteiger partial charge in [-0.1, -0.05) is 6.42 Å². The summed E-state index contributed by atoms with van der Waals surface area (Å²) in [6, 6.07) is 5.85. The first-order valence-corrected chi connectivity index (χ1v) is 7.05. The molecular weight excluding hydrogens is 238 g/mol. The second-order valence-electron chi connectivity index (χ2n) is 5.17. The summed E-state index contributed by atoms with van der Waals surface area (Å²) in [5.74, 6) is 0.895. The van der Waals surface area contributed by atoms with Crippen LogP contribution < -0.4 is 10.5 Å². The van der Waals surface area contributed by atoms with Gasteiger partial charge in [-0.25, -0.2) is 0 Å². The van der Waals surface area contributed by atoms with Crippen LogP contribution in [0.3, 0.4) is 0 Å². The summed E-state index contributed by atoms with van der Waals surface area (Å²) in [4.78, 5) is 5.68. The minimum Gasteiger partial charge on any atom is -0.490 e. The van der Waals surface area contributed by atoms with Crippen LogP contribution in [0.1, 0.15) is 19.3 Å². The predicted octanol–water partition coefficient (Wildman–Crippen LogP) is 2.61. The van der Waals surface area contributed by atoms with Gasteiger partial charge >= 0.3 is 0 Å². The first-order valence-electron chi connectivity index (χ1n) is 7.05. The van der Waals surface area contributed by atoms with Gasteiger partial charge in [0, 0.05) is 23.8 Å². The van der Waals surface area contributed by atoms with E-state index in [4.69, 9.17) is 10.5 Å². The third-order valence-electron chi connectivity index (χ3n) is 3.83. The molecule has 0 amide bonds. The zero-order chi connectivity index (χ0) is 13.1. The lowest BCUT2D eigenvalue weighted by Crippen LogP contribution is -2.33. The van der Waals surface area contributed by atoms with Gasteiger partial charge in [-0.05, 0) is 44.1 Å². The van der Waals surface area contributed by atoms with E-state index < -0.39 is 0 Å².